The van der Waals surface area contributed by atoms with Gasteiger partial charge in [-0.3, -0.25) is 0 Å². The van der Waals surface area contributed by atoms with Gasteiger partial charge in [-0.05, 0) is 36.4 Å². The Labute approximate surface area is 191 Å². The molecule has 5 rings (SSSR count). The van der Waals surface area contributed by atoms with Crippen molar-refractivity contribution < 1.29 is 13.2 Å². The lowest BCUT2D eigenvalue weighted by atomic mass is 10.0. The van der Waals surface area contributed by atoms with E-state index >= 15 is 0 Å². The molecule has 2 aromatic heterocycles. The van der Waals surface area contributed by atoms with Crippen LogP contribution in [0.15, 0.2) is 71.9 Å². The number of rotatable bonds is 5. The van der Waals surface area contributed by atoms with Crippen LogP contribution < -0.4 is 15.4 Å². The first-order valence-corrected chi connectivity index (χ1v) is 12.0. The van der Waals surface area contributed by atoms with Gasteiger partial charge in [0.1, 0.15) is 5.82 Å². The van der Waals surface area contributed by atoms with E-state index in [1.165, 1.54) is 12.1 Å². The number of nitrogens with two attached hydrogens (primary N) is 1. The summed E-state index contributed by atoms with van der Waals surface area (Å²) < 4.78 is 28.3. The van der Waals surface area contributed by atoms with E-state index in [9.17, 15) is 8.42 Å². The first kappa shape index (κ1) is 21.3. The Morgan fingerprint density at radius 1 is 0.939 bits per heavy atom. The van der Waals surface area contributed by atoms with E-state index in [1.54, 1.807) is 18.3 Å². The van der Waals surface area contributed by atoms with Crippen LogP contribution in [0.2, 0.25) is 0 Å². The van der Waals surface area contributed by atoms with Crippen LogP contribution in [0.25, 0.3) is 22.0 Å². The number of primary sulfonamides is 1. The molecule has 0 atom stereocenters. The van der Waals surface area contributed by atoms with Gasteiger partial charge < -0.3 is 15.0 Å². The number of pyridine rings is 1. The average Bonchev–Trinajstić information content (AvgIpc) is 2.84. The molecule has 10 heteroatoms. The number of nitrogens with zero attached hydrogens (tertiary/aromatic N) is 4. The lowest BCUT2D eigenvalue weighted by Crippen LogP contribution is -2.36. The number of fused-ring (bicyclic) bond motifs is 1. The molecule has 2 aromatic carbocycles. The molecule has 9 nitrogen and oxygen atoms in total. The summed E-state index contributed by atoms with van der Waals surface area (Å²) >= 11 is 0. The van der Waals surface area contributed by atoms with Crippen molar-refractivity contribution in [1.29, 1.82) is 0 Å². The number of aromatic nitrogens is 3. The molecule has 168 valence electrons. The maximum absolute atomic E-state index is 11.5. The average molecular weight is 463 g/mol. The number of morpholine rings is 1. The smallest absolute Gasteiger partial charge is 0.238 e. The monoisotopic (exact) mass is 462 g/mol. The van der Waals surface area contributed by atoms with E-state index in [2.05, 4.69) is 20.2 Å². The zero-order chi connectivity index (χ0) is 22.8. The van der Waals surface area contributed by atoms with Gasteiger partial charge in [0.25, 0.3) is 0 Å². The van der Waals surface area contributed by atoms with Gasteiger partial charge in [0.05, 0.1) is 23.6 Å². The van der Waals surface area contributed by atoms with Crippen LogP contribution in [0.1, 0.15) is 0 Å². The van der Waals surface area contributed by atoms with E-state index < -0.39 is 10.0 Å². The van der Waals surface area contributed by atoms with Crippen LogP contribution in [0.4, 0.5) is 17.5 Å². The first-order valence-electron chi connectivity index (χ1n) is 10.4. The number of hydrogen-bond donors (Lipinski definition) is 2. The molecule has 1 aliphatic rings. The van der Waals surface area contributed by atoms with Crippen LogP contribution in [0, 0.1) is 0 Å². The fourth-order valence-corrected chi connectivity index (χ4v) is 4.25. The molecule has 3 N–H and O–H groups in total. The number of anilines is 3. The van der Waals surface area contributed by atoms with Crippen LogP contribution in [0.5, 0.6) is 0 Å². The molecule has 33 heavy (non-hydrogen) atoms. The molecular weight excluding hydrogens is 440 g/mol. The highest BCUT2D eigenvalue weighted by Crippen LogP contribution is 2.29. The van der Waals surface area contributed by atoms with Crippen molar-refractivity contribution in [2.45, 2.75) is 4.90 Å². The fourth-order valence-electron chi connectivity index (χ4n) is 3.73. The molecular formula is C23H22N6O3S. The highest BCUT2D eigenvalue weighted by atomic mass is 32.2. The lowest BCUT2D eigenvalue weighted by molar-refractivity contribution is 0.122. The minimum Gasteiger partial charge on any atom is -0.378 e. The van der Waals surface area contributed by atoms with Gasteiger partial charge in [-0.15, -0.1) is 0 Å². The Balaban J connectivity index is 1.44. The van der Waals surface area contributed by atoms with Gasteiger partial charge in [-0.1, -0.05) is 18.2 Å². The molecule has 0 saturated carbocycles. The Morgan fingerprint density at radius 3 is 2.42 bits per heavy atom. The second kappa shape index (κ2) is 8.74. The quantitative estimate of drug-likeness (QED) is 0.464. The van der Waals surface area contributed by atoms with Gasteiger partial charge in [0.15, 0.2) is 0 Å². The Hall–Kier alpha value is -3.60. The highest BCUT2D eigenvalue weighted by molar-refractivity contribution is 7.89. The maximum Gasteiger partial charge on any atom is 0.238 e. The fraction of sp³-hybridized carbons (Fsp3) is 0.174. The summed E-state index contributed by atoms with van der Waals surface area (Å²) in [5, 5.41) is 9.18. The highest BCUT2D eigenvalue weighted by Gasteiger charge is 2.14. The summed E-state index contributed by atoms with van der Waals surface area (Å²) in [6.07, 6.45) is 3.61. The molecule has 4 aromatic rings. The summed E-state index contributed by atoms with van der Waals surface area (Å²) in [5.74, 6) is 1.33. The van der Waals surface area contributed by atoms with E-state index in [-0.39, 0.29) is 4.90 Å². The number of benzene rings is 2. The van der Waals surface area contributed by atoms with E-state index in [4.69, 9.17) is 14.9 Å². The standard InChI is InChI=1S/C23H22N6O3S/c24-33(30,31)19-7-5-18(6-8-19)27-23-26-15-17-2-1-3-20(22(17)28-23)16-4-9-21(25-14-16)29-10-12-32-13-11-29/h1-9,14-15H,10-13H2,(H2,24,30,31)(H,26,27,28). The second-order valence-corrected chi connectivity index (χ2v) is 9.20. The predicted octanol–water partition coefficient (Wildman–Crippen LogP) is 2.92. The Bertz CT molecular complexity index is 1390. The van der Waals surface area contributed by atoms with Crippen molar-refractivity contribution in [2.24, 2.45) is 5.14 Å². The van der Waals surface area contributed by atoms with Crippen molar-refractivity contribution in [3.8, 4) is 11.1 Å². The van der Waals surface area contributed by atoms with Gasteiger partial charge in [0, 0.05) is 47.7 Å². The number of para-hydroxylation sites is 1. The van der Waals surface area contributed by atoms with Crippen LogP contribution in [-0.2, 0) is 14.8 Å². The predicted molar refractivity (Wildman–Crippen MR) is 127 cm³/mol. The summed E-state index contributed by atoms with van der Waals surface area (Å²) in [6, 6.07) is 16.1. The van der Waals surface area contributed by atoms with Gasteiger partial charge in [-0.25, -0.2) is 28.5 Å². The molecule has 0 bridgehead atoms. The normalized spacial score (nSPS) is 14.4. The molecule has 0 amide bonds. The maximum atomic E-state index is 11.5. The number of sulfonamides is 1. The van der Waals surface area contributed by atoms with E-state index in [1.807, 2.05) is 36.5 Å². The van der Waals surface area contributed by atoms with Gasteiger partial charge in [0.2, 0.25) is 16.0 Å². The molecule has 1 aliphatic heterocycles. The van der Waals surface area contributed by atoms with Gasteiger partial charge >= 0.3 is 0 Å². The Morgan fingerprint density at radius 2 is 1.73 bits per heavy atom. The summed E-state index contributed by atoms with van der Waals surface area (Å²) in [7, 11) is -3.74. The molecule has 0 aliphatic carbocycles. The largest absolute Gasteiger partial charge is 0.378 e. The molecule has 1 fully saturated rings. The van der Waals surface area contributed by atoms with Crippen LogP contribution >= 0.6 is 0 Å². The number of ether oxygens (including phenoxy) is 1. The minimum atomic E-state index is -3.74. The van der Waals surface area contributed by atoms with Gasteiger partial charge in [-0.2, -0.15) is 0 Å². The lowest BCUT2D eigenvalue weighted by Gasteiger charge is -2.27. The number of hydrogen-bond acceptors (Lipinski definition) is 8. The number of nitrogens with one attached hydrogen (secondary N) is 1. The molecule has 3 heterocycles. The summed E-state index contributed by atoms with van der Waals surface area (Å²) in [4.78, 5) is 16.0. The van der Waals surface area contributed by atoms with Crippen molar-refractivity contribution in [1.82, 2.24) is 15.0 Å². The van der Waals surface area contributed by atoms with E-state index in [0.717, 1.165) is 40.9 Å². The third-order valence-corrected chi connectivity index (χ3v) is 6.37. The minimum absolute atomic E-state index is 0.0443. The topological polar surface area (TPSA) is 123 Å². The molecule has 0 radical (unpaired) electrons. The zero-order valence-electron chi connectivity index (χ0n) is 17.7. The van der Waals surface area contributed by atoms with Crippen LogP contribution in [0.3, 0.4) is 0 Å². The molecule has 0 spiro atoms. The molecule has 1 saturated heterocycles. The third kappa shape index (κ3) is 4.63. The first-order chi connectivity index (χ1) is 16.0. The second-order valence-electron chi connectivity index (χ2n) is 7.64. The van der Waals surface area contributed by atoms with E-state index in [0.29, 0.717) is 24.8 Å². The van der Waals surface area contributed by atoms with Crippen molar-refractivity contribution >= 4 is 38.4 Å². The van der Waals surface area contributed by atoms with Crippen LogP contribution in [-0.4, -0.2) is 49.7 Å². The van der Waals surface area contributed by atoms with Crippen molar-refractivity contribution in [3.63, 3.8) is 0 Å². The SMILES string of the molecule is NS(=O)(=O)c1ccc(Nc2ncc3cccc(-c4ccc(N5CCOCC5)nc4)c3n2)cc1. The summed E-state index contributed by atoms with van der Waals surface area (Å²) in [6.45, 7) is 3.09. The van der Waals surface area contributed by atoms with Crippen molar-refractivity contribution in [2.75, 3.05) is 36.5 Å². The third-order valence-electron chi connectivity index (χ3n) is 5.44. The Kier molecular flexibility index (Phi) is 5.63. The summed E-state index contributed by atoms with van der Waals surface area (Å²) in [5.41, 5.74) is 3.34. The van der Waals surface area contributed by atoms with Crippen molar-refractivity contribution in [3.05, 3.63) is 67.0 Å². The zero-order valence-corrected chi connectivity index (χ0v) is 18.5. The molecule has 0 unspecified atom stereocenters.